The zero-order valence-corrected chi connectivity index (χ0v) is 13.7. The second kappa shape index (κ2) is 7.17. The maximum absolute atomic E-state index is 4.17. The minimum atomic E-state index is 0.486. The van der Waals surface area contributed by atoms with Gasteiger partial charge in [-0.2, -0.15) is 0 Å². The van der Waals surface area contributed by atoms with Crippen LogP contribution in [0.15, 0.2) is 40.4 Å². The maximum Gasteiger partial charge on any atom is 0.0794 e. The van der Waals surface area contributed by atoms with E-state index in [1.165, 1.54) is 10.4 Å². The molecule has 0 bridgehead atoms. The highest BCUT2D eigenvalue weighted by molar-refractivity contribution is 9.10. The molecule has 0 aliphatic rings. The van der Waals surface area contributed by atoms with Crippen LogP contribution in [-0.4, -0.2) is 17.6 Å². The average Bonchev–Trinajstić information content (AvgIpc) is 2.87. The van der Waals surface area contributed by atoms with Gasteiger partial charge in [0, 0.05) is 34.1 Å². The van der Waals surface area contributed by atoms with Crippen LogP contribution in [0, 0.1) is 0 Å². The first-order chi connectivity index (χ1) is 9.15. The van der Waals surface area contributed by atoms with Gasteiger partial charge in [-0.3, -0.25) is 4.98 Å². The minimum absolute atomic E-state index is 0.486. The molecule has 2 aromatic rings. The van der Waals surface area contributed by atoms with Gasteiger partial charge in [-0.05, 0) is 24.1 Å². The predicted molar refractivity (Wildman–Crippen MR) is 85.8 cm³/mol. The number of hydrogen-bond donors (Lipinski definition) is 1. The van der Waals surface area contributed by atoms with Gasteiger partial charge in [-0.1, -0.05) is 41.9 Å². The lowest BCUT2D eigenvalue weighted by molar-refractivity contribution is 0.528. The van der Waals surface area contributed by atoms with Crippen molar-refractivity contribution in [2.45, 2.75) is 32.2 Å². The summed E-state index contributed by atoms with van der Waals surface area (Å²) in [6.07, 6.45) is 3.02. The summed E-state index contributed by atoms with van der Waals surface area (Å²) in [7, 11) is 0. The van der Waals surface area contributed by atoms with Gasteiger partial charge in [0.25, 0.3) is 0 Å². The van der Waals surface area contributed by atoms with Crippen molar-refractivity contribution >= 4 is 27.3 Å². The van der Waals surface area contributed by atoms with E-state index in [-0.39, 0.29) is 0 Å². The summed E-state index contributed by atoms with van der Waals surface area (Å²) in [6, 6.07) is 9.11. The lowest BCUT2D eigenvalue weighted by atomic mass is 9.95. The highest BCUT2D eigenvalue weighted by Gasteiger charge is 2.14. The van der Waals surface area contributed by atoms with E-state index in [9.17, 15) is 0 Å². The van der Waals surface area contributed by atoms with Crippen LogP contribution in [0.4, 0.5) is 0 Å². The van der Waals surface area contributed by atoms with E-state index in [0.717, 1.165) is 17.4 Å². The summed E-state index contributed by atoms with van der Waals surface area (Å²) in [4.78, 5) is 5.51. The van der Waals surface area contributed by atoms with Crippen LogP contribution in [0.25, 0.3) is 0 Å². The number of nitrogens with one attached hydrogen (secondary N) is 1. The fourth-order valence-corrected chi connectivity index (χ4v) is 3.13. The molecule has 2 rings (SSSR count). The molecule has 0 amide bonds. The Labute approximate surface area is 127 Å². The van der Waals surface area contributed by atoms with E-state index in [4.69, 9.17) is 0 Å². The van der Waals surface area contributed by atoms with E-state index in [0.29, 0.717) is 12.0 Å². The highest BCUT2D eigenvalue weighted by Crippen LogP contribution is 2.24. The van der Waals surface area contributed by atoms with Crippen LogP contribution in [0.5, 0.6) is 0 Å². The van der Waals surface area contributed by atoms with Gasteiger partial charge in [0.05, 0.1) is 5.51 Å². The maximum atomic E-state index is 4.17. The smallest absolute Gasteiger partial charge is 0.0794 e. The third-order valence-electron chi connectivity index (χ3n) is 3.02. The Hall–Kier alpha value is -0.710. The number of rotatable bonds is 6. The van der Waals surface area contributed by atoms with Crippen molar-refractivity contribution in [3.8, 4) is 0 Å². The summed E-state index contributed by atoms with van der Waals surface area (Å²) in [6.45, 7) is 5.36. The molecule has 19 heavy (non-hydrogen) atoms. The van der Waals surface area contributed by atoms with Crippen molar-refractivity contribution < 1.29 is 0 Å². The molecule has 2 nitrogen and oxygen atoms in total. The average molecular weight is 339 g/mol. The van der Waals surface area contributed by atoms with Gasteiger partial charge in [-0.15, -0.1) is 11.3 Å². The highest BCUT2D eigenvalue weighted by atomic mass is 79.9. The molecule has 102 valence electrons. The molecule has 0 aliphatic carbocycles. The van der Waals surface area contributed by atoms with Gasteiger partial charge >= 0.3 is 0 Å². The van der Waals surface area contributed by atoms with E-state index in [1.807, 2.05) is 11.7 Å². The molecule has 1 unspecified atom stereocenters. The second-order valence-electron chi connectivity index (χ2n) is 4.99. The third kappa shape index (κ3) is 4.71. The summed E-state index contributed by atoms with van der Waals surface area (Å²) in [5, 5.41) is 3.54. The standard InChI is InChI=1S/C15H19BrN2S/c1-11(2)18-8-13(7-15-9-17-10-19-15)12-4-3-5-14(16)6-12/h3-6,9-11,13,18H,7-8H2,1-2H3. The number of hydrogen-bond acceptors (Lipinski definition) is 3. The second-order valence-corrected chi connectivity index (χ2v) is 6.87. The Morgan fingerprint density at radius 1 is 1.37 bits per heavy atom. The van der Waals surface area contributed by atoms with Crippen molar-refractivity contribution in [2.75, 3.05) is 6.54 Å². The van der Waals surface area contributed by atoms with E-state index in [1.54, 1.807) is 11.3 Å². The number of benzene rings is 1. The molecule has 1 heterocycles. The fourth-order valence-electron chi connectivity index (χ4n) is 2.03. The summed E-state index contributed by atoms with van der Waals surface area (Å²) < 4.78 is 1.14. The van der Waals surface area contributed by atoms with Crippen molar-refractivity contribution in [1.82, 2.24) is 10.3 Å². The van der Waals surface area contributed by atoms with Crippen molar-refractivity contribution in [1.29, 1.82) is 0 Å². The van der Waals surface area contributed by atoms with E-state index in [2.05, 4.69) is 64.3 Å². The van der Waals surface area contributed by atoms with Crippen LogP contribution >= 0.6 is 27.3 Å². The monoisotopic (exact) mass is 338 g/mol. The Kier molecular flexibility index (Phi) is 5.55. The molecule has 0 aliphatic heterocycles. The first kappa shape index (κ1) is 14.7. The van der Waals surface area contributed by atoms with Gasteiger partial charge < -0.3 is 5.32 Å². The van der Waals surface area contributed by atoms with Gasteiger partial charge in [0.15, 0.2) is 0 Å². The van der Waals surface area contributed by atoms with Crippen LogP contribution in [0.3, 0.4) is 0 Å². The Balaban J connectivity index is 2.13. The quantitative estimate of drug-likeness (QED) is 0.852. The molecule has 4 heteroatoms. The molecule has 1 atom stereocenters. The molecule has 0 fully saturated rings. The third-order valence-corrected chi connectivity index (χ3v) is 4.32. The molecule has 0 saturated heterocycles. The fraction of sp³-hybridized carbons (Fsp3) is 0.400. The Morgan fingerprint density at radius 2 is 2.21 bits per heavy atom. The summed E-state index contributed by atoms with van der Waals surface area (Å²) >= 11 is 5.29. The topological polar surface area (TPSA) is 24.9 Å². The van der Waals surface area contributed by atoms with Gasteiger partial charge in [-0.25, -0.2) is 0 Å². The van der Waals surface area contributed by atoms with E-state index >= 15 is 0 Å². The molecule has 0 spiro atoms. The molecule has 0 saturated carbocycles. The predicted octanol–water partition coefficient (Wildman–Crippen LogP) is 4.23. The van der Waals surface area contributed by atoms with Crippen LogP contribution in [-0.2, 0) is 6.42 Å². The largest absolute Gasteiger partial charge is 0.314 e. The summed E-state index contributed by atoms with van der Waals surface area (Å²) in [5.74, 6) is 0.486. The lowest BCUT2D eigenvalue weighted by Gasteiger charge is -2.19. The number of thiazole rings is 1. The SMILES string of the molecule is CC(C)NCC(Cc1cncs1)c1cccc(Br)c1. The molecular weight excluding hydrogens is 320 g/mol. The number of aromatic nitrogens is 1. The zero-order valence-electron chi connectivity index (χ0n) is 11.3. The first-order valence-electron chi connectivity index (χ1n) is 6.51. The Bertz CT molecular complexity index is 497. The summed E-state index contributed by atoms with van der Waals surface area (Å²) in [5.41, 5.74) is 3.28. The molecule has 1 N–H and O–H groups in total. The minimum Gasteiger partial charge on any atom is -0.314 e. The first-order valence-corrected chi connectivity index (χ1v) is 8.18. The van der Waals surface area contributed by atoms with Gasteiger partial charge in [0.2, 0.25) is 0 Å². The lowest BCUT2D eigenvalue weighted by Crippen LogP contribution is -2.28. The molecular formula is C15H19BrN2S. The molecule has 0 radical (unpaired) electrons. The number of nitrogens with zero attached hydrogens (tertiary/aromatic N) is 1. The van der Waals surface area contributed by atoms with Crippen molar-refractivity contribution in [3.63, 3.8) is 0 Å². The van der Waals surface area contributed by atoms with Gasteiger partial charge in [0.1, 0.15) is 0 Å². The Morgan fingerprint density at radius 3 is 2.84 bits per heavy atom. The normalized spacial score (nSPS) is 12.8. The zero-order chi connectivity index (χ0) is 13.7. The molecule has 1 aromatic heterocycles. The van der Waals surface area contributed by atoms with Crippen LogP contribution in [0.1, 0.15) is 30.2 Å². The van der Waals surface area contributed by atoms with Crippen LogP contribution < -0.4 is 5.32 Å². The van der Waals surface area contributed by atoms with Crippen molar-refractivity contribution in [3.05, 3.63) is 50.9 Å². The van der Waals surface area contributed by atoms with Crippen molar-refractivity contribution in [2.24, 2.45) is 0 Å². The van der Waals surface area contributed by atoms with E-state index < -0.39 is 0 Å². The molecule has 1 aromatic carbocycles. The number of halogens is 1. The van der Waals surface area contributed by atoms with Crippen LogP contribution in [0.2, 0.25) is 0 Å².